The molecule has 0 aliphatic heterocycles. The normalized spacial score (nSPS) is 12.3. The van der Waals surface area contributed by atoms with Crippen molar-refractivity contribution in [3.8, 4) is 0 Å². The van der Waals surface area contributed by atoms with Gasteiger partial charge in [0.1, 0.15) is 5.82 Å². The molecule has 5 nitrogen and oxygen atoms in total. The average Bonchev–Trinajstić information content (AvgIpc) is 2.98. The third kappa shape index (κ3) is 5.71. The third-order valence-corrected chi connectivity index (χ3v) is 4.59. The van der Waals surface area contributed by atoms with Gasteiger partial charge in [-0.05, 0) is 37.5 Å². The highest BCUT2D eigenvalue weighted by Gasteiger charge is 2.33. The Labute approximate surface area is 168 Å². The van der Waals surface area contributed by atoms with E-state index in [0.29, 0.717) is 25.1 Å². The summed E-state index contributed by atoms with van der Waals surface area (Å²) in [5, 5.41) is 10.7. The van der Waals surface area contributed by atoms with Gasteiger partial charge in [-0.3, -0.25) is 4.68 Å². The van der Waals surface area contributed by atoms with E-state index < -0.39 is 17.6 Å². The highest BCUT2D eigenvalue weighted by molar-refractivity contribution is 5.79. The van der Waals surface area contributed by atoms with Crippen molar-refractivity contribution in [1.29, 1.82) is 0 Å². The van der Waals surface area contributed by atoms with Crippen LogP contribution in [0, 0.1) is 5.82 Å². The Morgan fingerprint density at radius 3 is 2.45 bits per heavy atom. The van der Waals surface area contributed by atoms with Crippen LogP contribution in [0.3, 0.4) is 0 Å². The van der Waals surface area contributed by atoms with Crippen LogP contribution in [-0.2, 0) is 39.2 Å². The lowest BCUT2D eigenvalue weighted by molar-refractivity contribution is -0.138. The van der Waals surface area contributed by atoms with Crippen molar-refractivity contribution in [3.05, 3.63) is 52.1 Å². The quantitative estimate of drug-likeness (QED) is 0.411. The zero-order valence-corrected chi connectivity index (χ0v) is 17.1. The van der Waals surface area contributed by atoms with E-state index in [-0.39, 0.29) is 12.1 Å². The number of guanidine groups is 1. The Hall–Kier alpha value is -2.58. The van der Waals surface area contributed by atoms with Crippen LogP contribution in [0.5, 0.6) is 0 Å². The minimum atomic E-state index is -4.64. The van der Waals surface area contributed by atoms with Crippen LogP contribution in [0.15, 0.2) is 23.2 Å². The molecule has 0 fully saturated rings. The van der Waals surface area contributed by atoms with Crippen LogP contribution in [0.2, 0.25) is 0 Å². The monoisotopic (exact) mass is 413 g/mol. The molecule has 2 aromatic rings. The molecule has 2 N–H and O–H groups in total. The van der Waals surface area contributed by atoms with E-state index in [0.717, 1.165) is 41.9 Å². The van der Waals surface area contributed by atoms with E-state index in [9.17, 15) is 17.6 Å². The molecule has 1 aromatic heterocycles. The summed E-state index contributed by atoms with van der Waals surface area (Å²) in [4.78, 5) is 4.27. The van der Waals surface area contributed by atoms with E-state index >= 15 is 0 Å². The minimum Gasteiger partial charge on any atom is -0.357 e. The highest BCUT2D eigenvalue weighted by Crippen LogP contribution is 2.32. The summed E-state index contributed by atoms with van der Waals surface area (Å²) in [5.74, 6) is -0.538. The standard InChI is InChI=1S/C20H27F4N5/c1-5-17-15(18(6-2)29(4)28-17)12-27-19(25-7-3)26-11-13-8-9-14(21)10-16(13)20(22,23)24/h8-10H,5-7,11-12H2,1-4H3,(H2,25,26,27). The second-order valence-corrected chi connectivity index (χ2v) is 6.55. The van der Waals surface area contributed by atoms with Gasteiger partial charge in [-0.1, -0.05) is 19.9 Å². The molecule has 1 heterocycles. The van der Waals surface area contributed by atoms with E-state index in [2.05, 4.69) is 20.7 Å². The van der Waals surface area contributed by atoms with Gasteiger partial charge in [-0.2, -0.15) is 18.3 Å². The van der Waals surface area contributed by atoms with Crippen molar-refractivity contribution in [3.63, 3.8) is 0 Å². The largest absolute Gasteiger partial charge is 0.416 e. The van der Waals surface area contributed by atoms with E-state index in [1.807, 2.05) is 32.5 Å². The van der Waals surface area contributed by atoms with Crippen LogP contribution in [0.1, 0.15) is 48.8 Å². The lowest BCUT2D eigenvalue weighted by Crippen LogP contribution is -2.37. The predicted molar refractivity (Wildman–Crippen MR) is 105 cm³/mol. The number of aromatic nitrogens is 2. The molecule has 0 radical (unpaired) electrons. The second-order valence-electron chi connectivity index (χ2n) is 6.55. The molecular formula is C20H27F4N5. The summed E-state index contributed by atoms with van der Waals surface area (Å²) in [6, 6.07) is 2.63. The van der Waals surface area contributed by atoms with Crippen molar-refractivity contribution in [2.75, 3.05) is 6.54 Å². The summed E-state index contributed by atoms with van der Waals surface area (Å²) in [6.07, 6.45) is -3.04. The first kappa shape index (κ1) is 22.7. The lowest BCUT2D eigenvalue weighted by atomic mass is 10.1. The number of nitrogens with zero attached hydrogens (tertiary/aromatic N) is 3. The molecular weight excluding hydrogens is 386 g/mol. The molecule has 0 spiro atoms. The maximum atomic E-state index is 13.3. The summed E-state index contributed by atoms with van der Waals surface area (Å²) >= 11 is 0. The minimum absolute atomic E-state index is 0.0824. The Balaban J connectivity index is 2.22. The highest BCUT2D eigenvalue weighted by atomic mass is 19.4. The molecule has 0 aliphatic carbocycles. The number of hydrogen-bond donors (Lipinski definition) is 2. The molecule has 0 atom stereocenters. The van der Waals surface area contributed by atoms with E-state index in [1.165, 1.54) is 0 Å². The summed E-state index contributed by atoms with van der Waals surface area (Å²) < 4.78 is 54.7. The molecule has 29 heavy (non-hydrogen) atoms. The Morgan fingerprint density at radius 2 is 1.86 bits per heavy atom. The molecule has 2 rings (SSSR count). The number of aryl methyl sites for hydroxylation is 2. The molecule has 160 valence electrons. The van der Waals surface area contributed by atoms with Gasteiger partial charge in [0.2, 0.25) is 0 Å². The predicted octanol–water partition coefficient (Wildman–Crippen LogP) is 3.96. The van der Waals surface area contributed by atoms with E-state index in [4.69, 9.17) is 0 Å². The zero-order valence-electron chi connectivity index (χ0n) is 17.1. The Bertz CT molecular complexity index is 855. The van der Waals surface area contributed by atoms with Gasteiger partial charge in [0.05, 0.1) is 17.8 Å². The molecule has 0 bridgehead atoms. The molecule has 0 saturated heterocycles. The fraction of sp³-hybridized carbons (Fsp3) is 0.500. The van der Waals surface area contributed by atoms with Crippen LogP contribution >= 0.6 is 0 Å². The fourth-order valence-corrected chi connectivity index (χ4v) is 3.22. The smallest absolute Gasteiger partial charge is 0.357 e. The number of nitrogens with one attached hydrogen (secondary N) is 2. The maximum absolute atomic E-state index is 13.3. The van der Waals surface area contributed by atoms with Gasteiger partial charge in [0, 0.05) is 31.4 Å². The van der Waals surface area contributed by atoms with Crippen molar-refractivity contribution < 1.29 is 17.6 Å². The number of halogens is 4. The summed E-state index contributed by atoms with van der Waals surface area (Å²) in [5.41, 5.74) is 2.06. The molecule has 0 unspecified atom stereocenters. The number of aliphatic imine (C=N–C) groups is 1. The summed E-state index contributed by atoms with van der Waals surface area (Å²) in [6.45, 7) is 6.73. The zero-order chi connectivity index (χ0) is 21.6. The molecule has 0 amide bonds. The summed E-state index contributed by atoms with van der Waals surface area (Å²) in [7, 11) is 1.90. The third-order valence-electron chi connectivity index (χ3n) is 4.59. The molecule has 0 saturated carbocycles. The van der Waals surface area contributed by atoms with Crippen molar-refractivity contribution in [2.24, 2.45) is 12.0 Å². The molecule has 9 heteroatoms. The number of benzene rings is 1. The lowest BCUT2D eigenvalue weighted by Gasteiger charge is -2.14. The van der Waals surface area contributed by atoms with Gasteiger partial charge in [-0.25, -0.2) is 9.38 Å². The van der Waals surface area contributed by atoms with Gasteiger partial charge >= 0.3 is 6.18 Å². The first-order chi connectivity index (χ1) is 13.7. The fourth-order valence-electron chi connectivity index (χ4n) is 3.22. The van der Waals surface area contributed by atoms with Crippen LogP contribution in [-0.4, -0.2) is 22.3 Å². The van der Waals surface area contributed by atoms with Crippen LogP contribution in [0.4, 0.5) is 17.6 Å². The first-order valence-electron chi connectivity index (χ1n) is 9.62. The maximum Gasteiger partial charge on any atom is 0.416 e. The average molecular weight is 413 g/mol. The molecule has 1 aromatic carbocycles. The van der Waals surface area contributed by atoms with Crippen LogP contribution in [0.25, 0.3) is 0 Å². The van der Waals surface area contributed by atoms with Gasteiger partial charge in [0.25, 0.3) is 0 Å². The van der Waals surface area contributed by atoms with Gasteiger partial charge in [-0.15, -0.1) is 0 Å². The topological polar surface area (TPSA) is 54.2 Å². The number of hydrogen-bond acceptors (Lipinski definition) is 2. The Kier molecular flexibility index (Phi) is 7.64. The van der Waals surface area contributed by atoms with Crippen molar-refractivity contribution in [1.82, 2.24) is 20.4 Å². The van der Waals surface area contributed by atoms with Crippen LogP contribution < -0.4 is 10.6 Å². The number of alkyl halides is 3. The van der Waals surface area contributed by atoms with Crippen molar-refractivity contribution in [2.45, 2.75) is 52.9 Å². The SMILES string of the molecule is CCNC(=NCc1ccc(F)cc1C(F)(F)F)NCc1c(CC)nn(C)c1CC. The Morgan fingerprint density at radius 1 is 1.14 bits per heavy atom. The van der Waals surface area contributed by atoms with Gasteiger partial charge < -0.3 is 10.6 Å². The van der Waals surface area contributed by atoms with E-state index in [1.54, 1.807) is 0 Å². The van der Waals surface area contributed by atoms with Gasteiger partial charge in [0.15, 0.2) is 5.96 Å². The first-order valence-corrected chi connectivity index (χ1v) is 9.62. The second kappa shape index (κ2) is 9.76. The molecule has 0 aliphatic rings. The van der Waals surface area contributed by atoms with Crippen molar-refractivity contribution >= 4 is 5.96 Å². The number of rotatable bonds is 7.